The summed E-state index contributed by atoms with van der Waals surface area (Å²) in [6, 6.07) is 16.2. The Morgan fingerprint density at radius 2 is 1.88 bits per heavy atom. The molecule has 34 heavy (non-hydrogen) atoms. The van der Waals surface area contributed by atoms with Crippen molar-refractivity contribution in [2.45, 2.75) is 25.4 Å². The quantitative estimate of drug-likeness (QED) is 0.448. The molecule has 0 saturated carbocycles. The highest BCUT2D eigenvalue weighted by Crippen LogP contribution is 2.33. The molecule has 7 nitrogen and oxygen atoms in total. The molecule has 2 aromatic carbocycles. The van der Waals surface area contributed by atoms with E-state index >= 15 is 0 Å². The van der Waals surface area contributed by atoms with Gasteiger partial charge in [-0.1, -0.05) is 35.9 Å². The van der Waals surface area contributed by atoms with Crippen molar-refractivity contribution in [1.82, 2.24) is 19.5 Å². The maximum Gasteiger partial charge on any atom is 0.231 e. The first-order chi connectivity index (χ1) is 16.6. The fourth-order valence-corrected chi connectivity index (χ4v) is 4.86. The Balaban J connectivity index is 1.17. The zero-order valence-corrected chi connectivity index (χ0v) is 19.3. The smallest absolute Gasteiger partial charge is 0.231 e. The fourth-order valence-electron chi connectivity index (χ4n) is 4.63. The molecule has 0 unspecified atom stereocenters. The van der Waals surface area contributed by atoms with Crippen LogP contribution in [0.3, 0.4) is 0 Å². The predicted molar refractivity (Wildman–Crippen MR) is 133 cm³/mol. The summed E-state index contributed by atoms with van der Waals surface area (Å²) >= 11 is 6.45. The molecule has 4 aromatic rings. The van der Waals surface area contributed by atoms with E-state index in [-0.39, 0.29) is 0 Å². The summed E-state index contributed by atoms with van der Waals surface area (Å²) < 4.78 is 12.7. The minimum Gasteiger partial charge on any atom is -0.454 e. The number of nitrogens with zero attached hydrogens (tertiary/aromatic N) is 4. The van der Waals surface area contributed by atoms with E-state index in [0.717, 1.165) is 61.1 Å². The number of benzene rings is 2. The molecule has 4 heterocycles. The molecule has 0 aliphatic carbocycles. The Kier molecular flexibility index (Phi) is 5.55. The van der Waals surface area contributed by atoms with Crippen LogP contribution in [0.1, 0.15) is 18.4 Å². The standard InChI is InChI=1S/C25H23BClN5O2/c26-19-13-28-32-24(12-21(30-25(19)32)18-3-1-2-4-20(18)27)29-17-7-9-31(10-8-17)14-16-5-6-22-23(11-16)34-15-33-22/h1-6,11-13,17,29H,7-10,14-15H2. The predicted octanol–water partition coefficient (Wildman–Crippen LogP) is 3.65. The zero-order valence-electron chi connectivity index (χ0n) is 18.6. The van der Waals surface area contributed by atoms with E-state index in [1.807, 2.05) is 36.4 Å². The highest BCUT2D eigenvalue weighted by atomic mass is 35.5. The van der Waals surface area contributed by atoms with Crippen LogP contribution in [-0.2, 0) is 6.54 Å². The van der Waals surface area contributed by atoms with Crippen LogP contribution in [0.2, 0.25) is 5.02 Å². The van der Waals surface area contributed by atoms with Crippen LogP contribution in [-0.4, -0.2) is 53.3 Å². The SMILES string of the molecule is [B]c1cnn2c(NC3CCN(Cc4ccc5c(c4)OCO5)CC3)cc(-c3ccccc3Cl)nc12. The lowest BCUT2D eigenvalue weighted by Gasteiger charge is -2.33. The Morgan fingerprint density at radius 1 is 1.06 bits per heavy atom. The zero-order chi connectivity index (χ0) is 23.1. The second-order valence-electron chi connectivity index (χ2n) is 8.72. The van der Waals surface area contributed by atoms with E-state index in [9.17, 15) is 0 Å². The summed E-state index contributed by atoms with van der Waals surface area (Å²) in [4.78, 5) is 7.20. The van der Waals surface area contributed by atoms with Crippen molar-refractivity contribution in [3.8, 4) is 22.8 Å². The lowest BCUT2D eigenvalue weighted by molar-refractivity contribution is 0.173. The molecule has 0 bridgehead atoms. The average molecular weight is 472 g/mol. The van der Waals surface area contributed by atoms with Crippen LogP contribution in [0.25, 0.3) is 16.9 Å². The molecule has 1 fully saturated rings. The molecule has 0 spiro atoms. The van der Waals surface area contributed by atoms with Gasteiger partial charge in [0.15, 0.2) is 17.1 Å². The molecule has 9 heteroatoms. The summed E-state index contributed by atoms with van der Waals surface area (Å²) in [5.41, 5.74) is 4.04. The van der Waals surface area contributed by atoms with Gasteiger partial charge in [0.2, 0.25) is 6.79 Å². The van der Waals surface area contributed by atoms with Crippen LogP contribution < -0.4 is 20.3 Å². The van der Waals surface area contributed by atoms with E-state index in [4.69, 9.17) is 33.9 Å². The monoisotopic (exact) mass is 471 g/mol. The third kappa shape index (κ3) is 4.08. The van der Waals surface area contributed by atoms with Crippen molar-refractivity contribution >= 4 is 36.4 Å². The number of piperidine rings is 1. The van der Waals surface area contributed by atoms with Crippen LogP contribution in [0.15, 0.2) is 54.7 Å². The third-order valence-corrected chi connectivity index (χ3v) is 6.76. The van der Waals surface area contributed by atoms with Gasteiger partial charge in [-0.2, -0.15) is 9.61 Å². The first kappa shape index (κ1) is 21.3. The molecule has 2 radical (unpaired) electrons. The Bertz CT molecular complexity index is 1350. The number of anilines is 1. The van der Waals surface area contributed by atoms with Crippen LogP contribution in [0.4, 0.5) is 5.82 Å². The number of hydrogen-bond donors (Lipinski definition) is 1. The van der Waals surface area contributed by atoms with Gasteiger partial charge in [-0.25, -0.2) is 4.98 Å². The number of hydrogen-bond acceptors (Lipinski definition) is 6. The van der Waals surface area contributed by atoms with E-state index in [1.165, 1.54) is 5.56 Å². The number of halogens is 1. The first-order valence-corrected chi connectivity index (χ1v) is 11.8. The van der Waals surface area contributed by atoms with E-state index in [2.05, 4.69) is 27.4 Å². The highest BCUT2D eigenvalue weighted by molar-refractivity contribution is 6.36. The fraction of sp³-hybridized carbons (Fsp3) is 0.280. The summed E-state index contributed by atoms with van der Waals surface area (Å²) in [6.45, 7) is 3.20. The van der Waals surface area contributed by atoms with Gasteiger partial charge in [0.1, 0.15) is 13.7 Å². The van der Waals surface area contributed by atoms with Gasteiger partial charge in [-0.05, 0) is 42.1 Å². The molecule has 0 atom stereocenters. The summed E-state index contributed by atoms with van der Waals surface area (Å²) in [5.74, 6) is 2.53. The van der Waals surface area contributed by atoms with Crippen LogP contribution in [0.5, 0.6) is 11.5 Å². The Morgan fingerprint density at radius 3 is 2.74 bits per heavy atom. The molecule has 0 amide bonds. The van der Waals surface area contributed by atoms with Gasteiger partial charge in [-0.3, -0.25) is 4.90 Å². The van der Waals surface area contributed by atoms with Gasteiger partial charge in [0.05, 0.1) is 5.69 Å². The summed E-state index contributed by atoms with van der Waals surface area (Å²) in [5, 5.41) is 8.78. The minimum atomic E-state index is 0.304. The summed E-state index contributed by atoms with van der Waals surface area (Å²) in [6.07, 6.45) is 3.68. The van der Waals surface area contributed by atoms with Crippen LogP contribution in [0, 0.1) is 0 Å². The molecule has 1 N–H and O–H groups in total. The topological polar surface area (TPSA) is 63.9 Å². The van der Waals surface area contributed by atoms with Gasteiger partial charge in [-0.15, -0.1) is 0 Å². The van der Waals surface area contributed by atoms with Crippen molar-refractivity contribution in [3.63, 3.8) is 0 Å². The number of likely N-dealkylation sites (tertiary alicyclic amines) is 1. The van der Waals surface area contributed by atoms with Gasteiger partial charge in [0.25, 0.3) is 0 Å². The lowest BCUT2D eigenvalue weighted by atomic mass is 10.0. The molecule has 1 saturated heterocycles. The molecular formula is C25H23BClN5O2. The lowest BCUT2D eigenvalue weighted by Crippen LogP contribution is -2.39. The van der Waals surface area contributed by atoms with Crippen molar-refractivity contribution in [1.29, 1.82) is 0 Å². The number of rotatable bonds is 5. The van der Waals surface area contributed by atoms with Crippen molar-refractivity contribution in [3.05, 3.63) is 65.3 Å². The maximum atomic E-state index is 6.45. The van der Waals surface area contributed by atoms with E-state index < -0.39 is 0 Å². The van der Waals surface area contributed by atoms with Crippen molar-refractivity contribution in [2.24, 2.45) is 0 Å². The second kappa shape index (κ2) is 8.85. The normalized spacial score (nSPS) is 16.3. The molecule has 2 aliphatic rings. The Hall–Kier alpha value is -3.23. The van der Waals surface area contributed by atoms with E-state index in [0.29, 0.717) is 29.0 Å². The number of fused-ring (bicyclic) bond motifs is 2. The van der Waals surface area contributed by atoms with Crippen LogP contribution >= 0.6 is 11.6 Å². The third-order valence-electron chi connectivity index (χ3n) is 6.43. The van der Waals surface area contributed by atoms with Gasteiger partial charge in [0, 0.05) is 48.5 Å². The summed E-state index contributed by atoms with van der Waals surface area (Å²) in [7, 11) is 6.16. The molecule has 170 valence electrons. The Labute approximate surface area is 204 Å². The average Bonchev–Trinajstić information content (AvgIpc) is 3.47. The largest absolute Gasteiger partial charge is 0.454 e. The molecule has 2 aromatic heterocycles. The van der Waals surface area contributed by atoms with Crippen molar-refractivity contribution < 1.29 is 9.47 Å². The molecular weight excluding hydrogens is 449 g/mol. The molecule has 2 aliphatic heterocycles. The first-order valence-electron chi connectivity index (χ1n) is 11.4. The van der Waals surface area contributed by atoms with E-state index in [1.54, 1.807) is 10.7 Å². The second-order valence-corrected chi connectivity index (χ2v) is 9.13. The highest BCUT2D eigenvalue weighted by Gasteiger charge is 2.22. The molecule has 6 rings (SSSR count). The van der Waals surface area contributed by atoms with Gasteiger partial charge >= 0.3 is 0 Å². The number of aromatic nitrogens is 3. The minimum absolute atomic E-state index is 0.304. The number of nitrogens with one attached hydrogen (secondary N) is 1. The number of ether oxygens (including phenoxy) is 2. The van der Waals surface area contributed by atoms with Gasteiger partial charge < -0.3 is 14.8 Å². The van der Waals surface area contributed by atoms with Crippen molar-refractivity contribution in [2.75, 3.05) is 25.2 Å². The maximum absolute atomic E-state index is 6.45.